The van der Waals surface area contributed by atoms with Crippen LogP contribution < -0.4 is 5.43 Å². The van der Waals surface area contributed by atoms with Crippen molar-refractivity contribution in [2.24, 2.45) is 21.8 Å². The van der Waals surface area contributed by atoms with Gasteiger partial charge >= 0.3 is 0 Å². The maximum absolute atomic E-state index is 12.3. The lowest BCUT2D eigenvalue weighted by molar-refractivity contribution is -0.121. The Labute approximate surface area is 165 Å². The second kappa shape index (κ2) is 6.83. The van der Waals surface area contributed by atoms with Crippen molar-refractivity contribution < 1.29 is 9.21 Å². The van der Waals surface area contributed by atoms with Gasteiger partial charge in [0.2, 0.25) is 17.7 Å². The topological polar surface area (TPSA) is 80.4 Å². The zero-order valence-electron chi connectivity index (χ0n) is 17.1. The van der Waals surface area contributed by atoms with Gasteiger partial charge in [0.1, 0.15) is 0 Å². The number of hydrazone groups is 1. The lowest BCUT2D eigenvalue weighted by Gasteiger charge is -2.34. The van der Waals surface area contributed by atoms with E-state index >= 15 is 0 Å². The summed E-state index contributed by atoms with van der Waals surface area (Å²) < 4.78 is 5.68. The Bertz CT molecular complexity index is 913. The lowest BCUT2D eigenvalue weighted by atomic mass is 9.70. The average Bonchev–Trinajstić information content (AvgIpc) is 3.28. The molecule has 4 rings (SSSR count). The van der Waals surface area contributed by atoms with Crippen molar-refractivity contribution in [2.45, 2.75) is 59.8 Å². The molecule has 1 aromatic carbocycles. The van der Waals surface area contributed by atoms with Gasteiger partial charge in [-0.3, -0.25) is 4.79 Å². The Hall–Kier alpha value is -2.50. The van der Waals surface area contributed by atoms with Crippen LogP contribution in [0.5, 0.6) is 0 Å². The number of carbonyl (C=O) groups excluding carboxylic acids is 1. The summed E-state index contributed by atoms with van der Waals surface area (Å²) in [5.41, 5.74) is 6.30. The first-order valence-corrected chi connectivity index (χ1v) is 10.0. The molecule has 28 heavy (non-hydrogen) atoms. The van der Waals surface area contributed by atoms with Crippen molar-refractivity contribution in [1.82, 2.24) is 15.6 Å². The monoisotopic (exact) mass is 380 g/mol. The molecular weight excluding hydrogens is 352 g/mol. The van der Waals surface area contributed by atoms with Crippen LogP contribution in [-0.4, -0.2) is 21.8 Å². The second-order valence-corrected chi connectivity index (χ2v) is 8.95. The summed E-state index contributed by atoms with van der Waals surface area (Å²) in [6, 6.07) is 7.91. The predicted octanol–water partition coefficient (Wildman–Crippen LogP) is 4.30. The van der Waals surface area contributed by atoms with Crippen LogP contribution in [0.4, 0.5) is 0 Å². The minimum Gasteiger partial charge on any atom is -0.421 e. The molecule has 2 atom stereocenters. The average molecular weight is 380 g/mol. The third-order valence-electron chi connectivity index (χ3n) is 7.16. The molecule has 6 heteroatoms. The number of nitrogens with one attached hydrogen (secondary N) is 1. The zero-order chi connectivity index (χ0) is 19.9. The summed E-state index contributed by atoms with van der Waals surface area (Å²) in [6.07, 6.45) is 4.09. The van der Waals surface area contributed by atoms with E-state index in [0.29, 0.717) is 24.1 Å². The summed E-state index contributed by atoms with van der Waals surface area (Å²) in [4.78, 5) is 12.3. The van der Waals surface area contributed by atoms with Crippen LogP contribution in [-0.2, 0) is 11.2 Å². The summed E-state index contributed by atoms with van der Waals surface area (Å²) in [6.45, 7) is 8.98. The van der Waals surface area contributed by atoms with Crippen LogP contribution in [0.25, 0.3) is 11.5 Å². The summed E-state index contributed by atoms with van der Waals surface area (Å²) in [5.74, 6) is 1.50. The van der Waals surface area contributed by atoms with Crippen LogP contribution >= 0.6 is 0 Å². The molecule has 0 unspecified atom stereocenters. The van der Waals surface area contributed by atoms with E-state index in [1.54, 1.807) is 0 Å². The van der Waals surface area contributed by atoms with E-state index in [9.17, 15) is 4.79 Å². The zero-order valence-corrected chi connectivity index (χ0v) is 17.1. The van der Waals surface area contributed by atoms with Crippen molar-refractivity contribution in [2.75, 3.05) is 0 Å². The molecule has 1 aromatic heterocycles. The number of aryl methyl sites for hydroxylation is 2. The molecule has 0 saturated heterocycles. The van der Waals surface area contributed by atoms with Gasteiger partial charge in [-0.1, -0.05) is 38.5 Å². The van der Waals surface area contributed by atoms with Crippen LogP contribution in [0.3, 0.4) is 0 Å². The molecule has 1 amide bonds. The Morgan fingerprint density at radius 3 is 2.64 bits per heavy atom. The van der Waals surface area contributed by atoms with Crippen LogP contribution in [0.1, 0.15) is 57.9 Å². The fraction of sp³-hybridized carbons (Fsp3) is 0.545. The second-order valence-electron chi connectivity index (χ2n) is 8.95. The number of hydrogen-bond acceptors (Lipinski definition) is 5. The van der Waals surface area contributed by atoms with Crippen molar-refractivity contribution in [3.63, 3.8) is 0 Å². The Morgan fingerprint density at radius 2 is 2.00 bits per heavy atom. The molecule has 2 fully saturated rings. The summed E-state index contributed by atoms with van der Waals surface area (Å²) in [7, 11) is 0. The van der Waals surface area contributed by atoms with E-state index in [4.69, 9.17) is 4.42 Å². The Morgan fingerprint density at radius 1 is 1.25 bits per heavy atom. The predicted molar refractivity (Wildman–Crippen MR) is 108 cm³/mol. The van der Waals surface area contributed by atoms with E-state index in [-0.39, 0.29) is 23.2 Å². The maximum atomic E-state index is 12.3. The SMILES string of the molecule is Cc1ccc(-c2nnc(CCC(=O)N/N=C3/C[C@@H]4CC[C@]3(C)C4(C)C)o2)cc1. The van der Waals surface area contributed by atoms with Gasteiger partial charge in [-0.05, 0) is 49.7 Å². The molecule has 2 aromatic rings. The highest BCUT2D eigenvalue weighted by molar-refractivity contribution is 5.95. The normalized spacial score (nSPS) is 26.7. The third kappa shape index (κ3) is 3.15. The van der Waals surface area contributed by atoms with Crippen LogP contribution in [0.15, 0.2) is 33.8 Å². The number of aromatic nitrogens is 2. The van der Waals surface area contributed by atoms with Crippen molar-refractivity contribution in [1.29, 1.82) is 0 Å². The molecule has 2 aliphatic rings. The fourth-order valence-corrected chi connectivity index (χ4v) is 4.67. The van der Waals surface area contributed by atoms with E-state index in [1.807, 2.05) is 31.2 Å². The number of carbonyl (C=O) groups is 1. The Balaban J connectivity index is 1.33. The highest BCUT2D eigenvalue weighted by atomic mass is 16.4. The lowest BCUT2D eigenvalue weighted by Crippen LogP contribution is -2.34. The molecule has 2 aliphatic carbocycles. The largest absolute Gasteiger partial charge is 0.421 e. The number of amides is 1. The first-order valence-electron chi connectivity index (χ1n) is 10.0. The summed E-state index contributed by atoms with van der Waals surface area (Å²) >= 11 is 0. The van der Waals surface area contributed by atoms with Crippen LogP contribution in [0, 0.1) is 23.7 Å². The molecule has 6 nitrogen and oxygen atoms in total. The molecule has 0 radical (unpaired) electrons. The Kier molecular flexibility index (Phi) is 4.60. The maximum Gasteiger partial charge on any atom is 0.247 e. The number of hydrogen-bond donors (Lipinski definition) is 1. The summed E-state index contributed by atoms with van der Waals surface area (Å²) in [5, 5.41) is 12.6. The van der Waals surface area contributed by atoms with E-state index in [1.165, 1.54) is 12.0 Å². The first-order chi connectivity index (χ1) is 13.3. The molecule has 2 bridgehead atoms. The van der Waals surface area contributed by atoms with Gasteiger partial charge in [-0.25, -0.2) is 5.43 Å². The van der Waals surface area contributed by atoms with Gasteiger partial charge in [0.15, 0.2) is 0 Å². The number of fused-ring (bicyclic) bond motifs is 2. The first kappa shape index (κ1) is 18.8. The van der Waals surface area contributed by atoms with E-state index in [0.717, 1.165) is 24.1 Å². The van der Waals surface area contributed by atoms with Crippen LogP contribution in [0.2, 0.25) is 0 Å². The standard InChI is InChI=1S/C22H28N4O2/c1-14-5-7-15(8-6-14)20-26-25-19(28-20)10-9-18(27)24-23-17-13-16-11-12-22(17,4)21(16,2)3/h5-8,16H,9-13H2,1-4H3,(H,24,27)/b23-17-/t16-,22-/m0/s1. The number of benzene rings is 1. The van der Waals surface area contributed by atoms with Gasteiger partial charge in [0.05, 0.1) is 0 Å². The van der Waals surface area contributed by atoms with E-state index in [2.05, 4.69) is 41.5 Å². The fourth-order valence-electron chi connectivity index (χ4n) is 4.67. The molecule has 148 valence electrons. The molecule has 0 spiro atoms. The van der Waals surface area contributed by atoms with Gasteiger partial charge in [-0.2, -0.15) is 5.10 Å². The third-order valence-corrected chi connectivity index (χ3v) is 7.16. The molecule has 0 aliphatic heterocycles. The van der Waals surface area contributed by atoms with E-state index < -0.39 is 0 Å². The molecule has 1 heterocycles. The van der Waals surface area contributed by atoms with Gasteiger partial charge in [0.25, 0.3) is 0 Å². The van der Waals surface area contributed by atoms with Gasteiger partial charge < -0.3 is 4.42 Å². The highest BCUT2D eigenvalue weighted by Gasteiger charge is 2.59. The van der Waals surface area contributed by atoms with Crippen molar-refractivity contribution in [3.05, 3.63) is 35.7 Å². The van der Waals surface area contributed by atoms with Crippen molar-refractivity contribution in [3.8, 4) is 11.5 Å². The van der Waals surface area contributed by atoms with Gasteiger partial charge in [0, 0.05) is 29.5 Å². The quantitative estimate of drug-likeness (QED) is 0.785. The molecule has 2 saturated carbocycles. The minimum absolute atomic E-state index is 0.0976. The number of nitrogens with zero attached hydrogens (tertiary/aromatic N) is 3. The van der Waals surface area contributed by atoms with Gasteiger partial charge in [-0.15, -0.1) is 10.2 Å². The number of rotatable bonds is 5. The minimum atomic E-state index is -0.119. The smallest absolute Gasteiger partial charge is 0.247 e. The van der Waals surface area contributed by atoms with Crippen molar-refractivity contribution >= 4 is 11.6 Å². The highest BCUT2D eigenvalue weighted by Crippen LogP contribution is 2.63. The molecular formula is C22H28N4O2. The molecule has 1 N–H and O–H groups in total.